The molecular formula is C37H44Cl2N4O4. The molecule has 0 bridgehead atoms. The zero-order valence-electron chi connectivity index (χ0n) is 28.4. The number of amides is 2. The maximum absolute atomic E-state index is 15.2. The van der Waals surface area contributed by atoms with E-state index in [1.165, 1.54) is 7.11 Å². The fourth-order valence-corrected chi connectivity index (χ4v) is 6.85. The number of ether oxygens (including phenoxy) is 2. The second-order valence-electron chi connectivity index (χ2n) is 13.6. The van der Waals surface area contributed by atoms with Crippen LogP contribution in [0.15, 0.2) is 71.7 Å². The summed E-state index contributed by atoms with van der Waals surface area (Å²) in [6.07, 6.45) is 0. The topological polar surface area (TPSA) is 74.7 Å². The van der Waals surface area contributed by atoms with Gasteiger partial charge < -0.3 is 14.4 Å². The van der Waals surface area contributed by atoms with Crippen molar-refractivity contribution in [3.63, 3.8) is 0 Å². The van der Waals surface area contributed by atoms with Crippen molar-refractivity contribution in [2.24, 2.45) is 4.99 Å². The number of likely N-dealkylation sites (N-methyl/N-ethyl adjacent to an activating group) is 1. The van der Waals surface area contributed by atoms with E-state index >= 15 is 4.79 Å². The Labute approximate surface area is 288 Å². The number of hydrogen-bond donors (Lipinski definition) is 0. The van der Waals surface area contributed by atoms with Crippen LogP contribution >= 0.6 is 23.2 Å². The van der Waals surface area contributed by atoms with Crippen molar-refractivity contribution in [1.29, 1.82) is 0 Å². The Hall–Kier alpha value is -3.59. The van der Waals surface area contributed by atoms with Gasteiger partial charge in [-0.15, -0.1) is 0 Å². The number of piperazine rings is 1. The maximum Gasteiger partial charge on any atom is 0.326 e. The number of carbonyl (C=O) groups excluding carboxylic acids is 2. The van der Waals surface area contributed by atoms with Gasteiger partial charge in [-0.25, -0.2) is 4.79 Å². The third-order valence-corrected chi connectivity index (χ3v) is 10.2. The van der Waals surface area contributed by atoms with Crippen molar-refractivity contribution in [2.75, 3.05) is 40.4 Å². The lowest BCUT2D eigenvalue weighted by Gasteiger charge is -2.48. The number of halogens is 2. The third kappa shape index (κ3) is 6.23. The summed E-state index contributed by atoms with van der Waals surface area (Å²) in [6.45, 7) is 14.0. The highest BCUT2D eigenvalue weighted by Gasteiger charge is 2.60. The molecule has 3 aromatic carbocycles. The van der Waals surface area contributed by atoms with E-state index in [2.05, 4.69) is 26.8 Å². The molecular weight excluding hydrogens is 635 g/mol. The Morgan fingerprint density at radius 2 is 1.53 bits per heavy atom. The number of aliphatic imine (C=N–C) groups is 1. The molecule has 250 valence electrons. The van der Waals surface area contributed by atoms with Gasteiger partial charge in [0.15, 0.2) is 0 Å². The molecule has 1 fully saturated rings. The van der Waals surface area contributed by atoms with Gasteiger partial charge in [0.05, 0.1) is 19.3 Å². The summed E-state index contributed by atoms with van der Waals surface area (Å²) < 4.78 is 11.4. The Kier molecular flexibility index (Phi) is 9.71. The van der Waals surface area contributed by atoms with Crippen LogP contribution in [0.2, 0.25) is 10.0 Å². The molecule has 47 heavy (non-hydrogen) atoms. The molecule has 2 aliphatic heterocycles. The molecule has 8 nitrogen and oxygen atoms in total. The van der Waals surface area contributed by atoms with Gasteiger partial charge in [0.25, 0.3) is 0 Å². The first-order valence-electron chi connectivity index (χ1n) is 15.9. The van der Waals surface area contributed by atoms with E-state index in [0.29, 0.717) is 46.9 Å². The zero-order chi connectivity index (χ0) is 34.3. The van der Waals surface area contributed by atoms with E-state index in [1.54, 1.807) is 9.80 Å². The monoisotopic (exact) mass is 678 g/mol. The summed E-state index contributed by atoms with van der Waals surface area (Å²) in [4.78, 5) is 38.9. The van der Waals surface area contributed by atoms with Crippen LogP contribution in [0.5, 0.6) is 5.75 Å². The van der Waals surface area contributed by atoms with Crippen molar-refractivity contribution < 1.29 is 19.1 Å². The molecule has 0 spiro atoms. The molecule has 0 aliphatic carbocycles. The Balaban J connectivity index is 1.78. The van der Waals surface area contributed by atoms with Gasteiger partial charge in [-0.1, -0.05) is 74.3 Å². The molecule has 0 saturated carbocycles. The van der Waals surface area contributed by atoms with Crippen molar-refractivity contribution in [3.05, 3.63) is 99.0 Å². The van der Waals surface area contributed by atoms with Gasteiger partial charge in [-0.3, -0.25) is 19.6 Å². The van der Waals surface area contributed by atoms with E-state index in [4.69, 9.17) is 37.7 Å². The Morgan fingerprint density at radius 1 is 0.936 bits per heavy atom. The first-order valence-corrected chi connectivity index (χ1v) is 16.7. The van der Waals surface area contributed by atoms with Gasteiger partial charge >= 0.3 is 12.0 Å². The molecule has 1 saturated heterocycles. The molecule has 2 aliphatic rings. The van der Waals surface area contributed by atoms with Crippen LogP contribution in [-0.2, 0) is 26.0 Å². The molecule has 3 atom stereocenters. The number of esters is 1. The lowest BCUT2D eigenvalue weighted by Crippen LogP contribution is -2.63. The Bertz CT molecular complexity index is 1670. The van der Waals surface area contributed by atoms with Crippen molar-refractivity contribution in [1.82, 2.24) is 14.7 Å². The number of carbonyl (C=O) groups is 2. The molecule has 0 N–H and O–H groups in total. The molecule has 0 aromatic heterocycles. The SMILES string of the molecule is CCOc1cc(C(C)(C)C)ccc1C1=N[C@@](C)(c2ccc(Cl)cc2)[C@@](C)(c2ccc(Cl)cc2)N1C(=O)N1CCN(C)[C@H](C(=O)OC)C1. The first-order chi connectivity index (χ1) is 22.1. The van der Waals surface area contributed by atoms with E-state index in [1.807, 2.05) is 93.4 Å². The molecule has 0 radical (unpaired) electrons. The van der Waals surface area contributed by atoms with Crippen LogP contribution in [0.4, 0.5) is 4.79 Å². The van der Waals surface area contributed by atoms with Crippen molar-refractivity contribution >= 4 is 41.0 Å². The van der Waals surface area contributed by atoms with Crippen molar-refractivity contribution in [2.45, 2.75) is 64.1 Å². The zero-order valence-corrected chi connectivity index (χ0v) is 29.9. The number of amidine groups is 1. The van der Waals surface area contributed by atoms with Crippen LogP contribution in [0.25, 0.3) is 0 Å². The molecule has 2 amide bonds. The number of urea groups is 1. The molecule has 10 heteroatoms. The average Bonchev–Trinajstić information content (AvgIpc) is 3.28. The largest absolute Gasteiger partial charge is 0.493 e. The van der Waals surface area contributed by atoms with Crippen LogP contribution in [0.1, 0.15) is 63.8 Å². The Morgan fingerprint density at radius 3 is 2.09 bits per heavy atom. The second kappa shape index (κ2) is 13.1. The number of benzene rings is 3. The molecule has 5 rings (SSSR count). The predicted octanol–water partition coefficient (Wildman–Crippen LogP) is 7.49. The highest BCUT2D eigenvalue weighted by Crippen LogP contribution is 2.54. The number of hydrogen-bond acceptors (Lipinski definition) is 6. The minimum absolute atomic E-state index is 0.129. The maximum atomic E-state index is 15.2. The molecule has 2 heterocycles. The van der Waals surface area contributed by atoms with E-state index in [9.17, 15) is 4.79 Å². The predicted molar refractivity (Wildman–Crippen MR) is 188 cm³/mol. The fraction of sp³-hybridized carbons (Fsp3) is 0.432. The van der Waals surface area contributed by atoms with Crippen LogP contribution < -0.4 is 4.74 Å². The van der Waals surface area contributed by atoms with Crippen LogP contribution in [-0.4, -0.2) is 79.0 Å². The summed E-state index contributed by atoms with van der Waals surface area (Å²) in [5.74, 6) is 0.728. The van der Waals surface area contributed by atoms with Crippen LogP contribution in [0.3, 0.4) is 0 Å². The van der Waals surface area contributed by atoms with Gasteiger partial charge in [0.2, 0.25) is 0 Å². The average molecular weight is 680 g/mol. The first kappa shape index (κ1) is 34.7. The smallest absolute Gasteiger partial charge is 0.326 e. The van der Waals surface area contributed by atoms with E-state index in [0.717, 1.165) is 16.7 Å². The van der Waals surface area contributed by atoms with Gasteiger partial charge in [-0.05, 0) is 86.3 Å². The standard InChI is InChI=1S/C37H44Cl2N4O4/c1-9-47-31-22-26(35(2,3)4)14-19-29(31)32-40-36(5,24-10-15-27(38)16-11-24)37(6,25-12-17-28(39)18-13-25)43(32)34(45)42-21-20-41(7)30(23-42)33(44)46-8/h10-19,22,30H,9,20-21,23H2,1-8H3/t30-,36-,37+/m0/s1. The minimum Gasteiger partial charge on any atom is -0.493 e. The number of nitrogens with zero attached hydrogens (tertiary/aromatic N) is 4. The minimum atomic E-state index is -1.06. The highest BCUT2D eigenvalue weighted by molar-refractivity contribution is 6.30. The van der Waals surface area contributed by atoms with Gasteiger partial charge in [0, 0.05) is 29.7 Å². The number of rotatable bonds is 6. The van der Waals surface area contributed by atoms with Crippen LogP contribution in [0, 0.1) is 0 Å². The molecule has 0 unspecified atom stereocenters. The van der Waals surface area contributed by atoms with Gasteiger partial charge in [0.1, 0.15) is 28.7 Å². The summed E-state index contributed by atoms with van der Waals surface area (Å²) in [7, 11) is 3.24. The quantitative estimate of drug-likeness (QED) is 0.253. The number of methoxy groups -OCH3 is 1. The van der Waals surface area contributed by atoms with Gasteiger partial charge in [-0.2, -0.15) is 0 Å². The lowest BCUT2D eigenvalue weighted by atomic mass is 9.71. The normalized spacial score (nSPS) is 23.4. The second-order valence-corrected chi connectivity index (χ2v) is 14.4. The third-order valence-electron chi connectivity index (χ3n) is 9.72. The summed E-state index contributed by atoms with van der Waals surface area (Å²) >= 11 is 12.8. The summed E-state index contributed by atoms with van der Waals surface area (Å²) in [5.41, 5.74) is 1.34. The summed E-state index contributed by atoms with van der Waals surface area (Å²) in [5, 5.41) is 1.18. The van der Waals surface area contributed by atoms with Crippen molar-refractivity contribution in [3.8, 4) is 5.75 Å². The van der Waals surface area contributed by atoms with E-state index in [-0.39, 0.29) is 24.0 Å². The summed E-state index contributed by atoms with van der Waals surface area (Å²) in [6, 6.07) is 20.4. The molecule has 3 aromatic rings. The fourth-order valence-electron chi connectivity index (χ4n) is 6.60. The van der Waals surface area contributed by atoms with E-state index < -0.39 is 17.1 Å². The highest BCUT2D eigenvalue weighted by atomic mass is 35.5. The lowest BCUT2D eigenvalue weighted by molar-refractivity contribution is -0.148.